The fourth-order valence-corrected chi connectivity index (χ4v) is 4.64. The minimum atomic E-state index is -0.0490. The molecule has 3 heterocycles. The van der Waals surface area contributed by atoms with Gasteiger partial charge < -0.3 is 9.88 Å². The van der Waals surface area contributed by atoms with Crippen molar-refractivity contribution in [2.24, 2.45) is 13.0 Å². The lowest BCUT2D eigenvalue weighted by Crippen LogP contribution is -2.40. The average Bonchev–Trinajstić information content (AvgIpc) is 3.36. The minimum absolute atomic E-state index is 0.0490. The average molecular weight is 396 g/mol. The maximum absolute atomic E-state index is 12.3. The molecule has 4 rings (SSSR count). The third-order valence-electron chi connectivity index (χ3n) is 5.16. The Bertz CT molecular complexity index is 920. The first kappa shape index (κ1) is 18.8. The van der Waals surface area contributed by atoms with Crippen LogP contribution in [0.5, 0.6) is 0 Å². The van der Waals surface area contributed by atoms with Crippen LogP contribution in [-0.4, -0.2) is 45.0 Å². The van der Waals surface area contributed by atoms with Crippen LogP contribution in [0.3, 0.4) is 0 Å². The number of imidazole rings is 1. The van der Waals surface area contributed by atoms with Crippen molar-refractivity contribution in [2.45, 2.75) is 19.4 Å². The van der Waals surface area contributed by atoms with E-state index in [9.17, 15) is 4.79 Å². The number of carbonyl (C=O) groups excluding carboxylic acids is 1. The Balaban J connectivity index is 1.30. The third-order valence-corrected chi connectivity index (χ3v) is 6.19. The maximum Gasteiger partial charge on any atom is 0.269 e. The summed E-state index contributed by atoms with van der Waals surface area (Å²) in [5.74, 6) is 0.430. The van der Waals surface area contributed by atoms with Crippen molar-refractivity contribution in [3.05, 3.63) is 59.6 Å². The first-order chi connectivity index (χ1) is 13.7. The van der Waals surface area contributed by atoms with Crippen molar-refractivity contribution in [2.75, 3.05) is 19.6 Å². The Hall–Kier alpha value is -2.51. The molecule has 2 aromatic heterocycles. The molecule has 146 valence electrons. The molecule has 1 aromatic carbocycles. The van der Waals surface area contributed by atoms with Gasteiger partial charge in [-0.1, -0.05) is 30.3 Å². The van der Waals surface area contributed by atoms with E-state index < -0.39 is 0 Å². The summed E-state index contributed by atoms with van der Waals surface area (Å²) in [6, 6.07) is 10.3. The summed E-state index contributed by atoms with van der Waals surface area (Å²) in [4.78, 5) is 24.7. The van der Waals surface area contributed by atoms with Crippen molar-refractivity contribution < 1.29 is 4.79 Å². The third kappa shape index (κ3) is 4.48. The fourth-order valence-electron chi connectivity index (χ4n) is 3.68. The Morgan fingerprint density at radius 2 is 2.14 bits per heavy atom. The van der Waals surface area contributed by atoms with Crippen molar-refractivity contribution in [1.29, 1.82) is 0 Å². The van der Waals surface area contributed by atoms with Gasteiger partial charge in [0.05, 0.1) is 12.5 Å². The number of rotatable bonds is 6. The lowest BCUT2D eigenvalue weighted by atomic mass is 9.98. The van der Waals surface area contributed by atoms with E-state index in [1.807, 2.05) is 31.4 Å². The Labute approximate surface area is 169 Å². The molecule has 1 atom stereocenters. The summed E-state index contributed by atoms with van der Waals surface area (Å²) in [7, 11) is 1.84. The molecule has 1 aliphatic heterocycles. The highest BCUT2D eigenvalue weighted by atomic mass is 32.1. The number of aromatic nitrogens is 3. The van der Waals surface area contributed by atoms with Gasteiger partial charge in [-0.3, -0.25) is 9.69 Å². The minimum Gasteiger partial charge on any atom is -0.350 e. The highest BCUT2D eigenvalue weighted by molar-refractivity contribution is 7.15. The van der Waals surface area contributed by atoms with Gasteiger partial charge in [0.1, 0.15) is 10.7 Å². The van der Waals surface area contributed by atoms with Gasteiger partial charge in [-0.15, -0.1) is 11.3 Å². The van der Waals surface area contributed by atoms with Crippen molar-refractivity contribution in [1.82, 2.24) is 24.8 Å². The summed E-state index contributed by atoms with van der Waals surface area (Å²) in [5.41, 5.74) is 1.78. The zero-order valence-corrected chi connectivity index (χ0v) is 16.9. The van der Waals surface area contributed by atoms with E-state index >= 15 is 0 Å². The highest BCUT2D eigenvalue weighted by Gasteiger charge is 2.22. The number of hydrogen-bond acceptors (Lipinski definition) is 5. The molecule has 7 heteroatoms. The molecule has 28 heavy (non-hydrogen) atoms. The molecule has 0 radical (unpaired) electrons. The van der Waals surface area contributed by atoms with Crippen LogP contribution in [0.15, 0.2) is 49.1 Å². The van der Waals surface area contributed by atoms with Crippen LogP contribution < -0.4 is 5.32 Å². The number of aryl methyl sites for hydroxylation is 1. The molecular formula is C21H25N5OS. The number of nitrogens with one attached hydrogen (secondary N) is 1. The van der Waals surface area contributed by atoms with Gasteiger partial charge in [0.15, 0.2) is 0 Å². The van der Waals surface area contributed by atoms with Crippen molar-refractivity contribution >= 4 is 17.2 Å². The normalized spacial score (nSPS) is 17.5. The molecule has 0 spiro atoms. The SMILES string of the molecule is Cn1cncc1C(=O)NCC1CCCN(Cc2cnc(-c3ccccc3)s2)C1. The predicted octanol–water partition coefficient (Wildman–Crippen LogP) is 3.19. The summed E-state index contributed by atoms with van der Waals surface area (Å²) < 4.78 is 1.75. The lowest BCUT2D eigenvalue weighted by Gasteiger charge is -2.32. The lowest BCUT2D eigenvalue weighted by molar-refractivity contribution is 0.0923. The van der Waals surface area contributed by atoms with Crippen LogP contribution in [0.2, 0.25) is 0 Å². The van der Waals surface area contributed by atoms with E-state index in [4.69, 9.17) is 0 Å². The van der Waals surface area contributed by atoms with Gasteiger partial charge in [-0.25, -0.2) is 9.97 Å². The quantitative estimate of drug-likeness (QED) is 0.696. The summed E-state index contributed by atoms with van der Waals surface area (Å²) in [6.07, 6.45) is 7.57. The molecule has 6 nitrogen and oxygen atoms in total. The van der Waals surface area contributed by atoms with E-state index in [0.29, 0.717) is 18.2 Å². The van der Waals surface area contributed by atoms with E-state index in [1.54, 1.807) is 28.4 Å². The number of benzene rings is 1. The zero-order chi connectivity index (χ0) is 19.3. The first-order valence-corrected chi connectivity index (χ1v) is 10.5. The first-order valence-electron chi connectivity index (χ1n) is 9.66. The summed E-state index contributed by atoms with van der Waals surface area (Å²) in [5, 5.41) is 4.15. The number of nitrogens with zero attached hydrogens (tertiary/aromatic N) is 4. The van der Waals surface area contributed by atoms with Crippen LogP contribution in [0.25, 0.3) is 10.6 Å². The largest absolute Gasteiger partial charge is 0.350 e. The summed E-state index contributed by atoms with van der Waals surface area (Å²) in [6.45, 7) is 3.74. The van der Waals surface area contributed by atoms with Crippen LogP contribution >= 0.6 is 11.3 Å². The van der Waals surface area contributed by atoms with Gasteiger partial charge in [0.2, 0.25) is 0 Å². The maximum atomic E-state index is 12.3. The van der Waals surface area contributed by atoms with Gasteiger partial charge in [-0.05, 0) is 25.3 Å². The van der Waals surface area contributed by atoms with Crippen molar-refractivity contribution in [3.8, 4) is 10.6 Å². The molecule has 1 amide bonds. The molecule has 1 aliphatic rings. The molecule has 1 unspecified atom stereocenters. The second kappa shape index (κ2) is 8.67. The topological polar surface area (TPSA) is 63.1 Å². The molecule has 1 fully saturated rings. The fraction of sp³-hybridized carbons (Fsp3) is 0.381. The number of amides is 1. The molecule has 1 saturated heterocycles. The van der Waals surface area contributed by atoms with Gasteiger partial charge in [0, 0.05) is 43.3 Å². The second-order valence-corrected chi connectivity index (χ2v) is 8.46. The monoisotopic (exact) mass is 395 g/mol. The zero-order valence-electron chi connectivity index (χ0n) is 16.0. The number of likely N-dealkylation sites (tertiary alicyclic amines) is 1. The molecule has 0 aliphatic carbocycles. The molecule has 1 N–H and O–H groups in total. The Morgan fingerprint density at radius 3 is 2.93 bits per heavy atom. The van der Waals surface area contributed by atoms with E-state index in [2.05, 4.69) is 32.3 Å². The van der Waals surface area contributed by atoms with E-state index in [1.165, 1.54) is 10.4 Å². The smallest absolute Gasteiger partial charge is 0.269 e. The predicted molar refractivity (Wildman–Crippen MR) is 111 cm³/mol. The van der Waals surface area contributed by atoms with Crippen LogP contribution in [0, 0.1) is 5.92 Å². The standard InChI is InChI=1S/C21H25N5OS/c1-25-15-22-12-19(25)20(27)23-10-16-6-5-9-26(13-16)14-18-11-24-21(28-18)17-7-3-2-4-8-17/h2-4,7-8,11-12,15-16H,5-6,9-10,13-14H2,1H3,(H,23,27). The van der Waals surface area contributed by atoms with Gasteiger partial charge in [-0.2, -0.15) is 0 Å². The molecule has 0 bridgehead atoms. The number of thiazole rings is 1. The van der Waals surface area contributed by atoms with Crippen molar-refractivity contribution in [3.63, 3.8) is 0 Å². The van der Waals surface area contributed by atoms with Crippen LogP contribution in [0.1, 0.15) is 28.2 Å². The number of piperidine rings is 1. The van der Waals surface area contributed by atoms with Crippen LogP contribution in [0.4, 0.5) is 0 Å². The number of hydrogen-bond donors (Lipinski definition) is 1. The molecule has 0 saturated carbocycles. The molecule has 3 aromatic rings. The second-order valence-electron chi connectivity index (χ2n) is 7.34. The van der Waals surface area contributed by atoms with E-state index in [0.717, 1.165) is 37.5 Å². The van der Waals surface area contributed by atoms with Gasteiger partial charge in [0.25, 0.3) is 5.91 Å². The Morgan fingerprint density at radius 1 is 1.29 bits per heavy atom. The Kier molecular flexibility index (Phi) is 5.83. The summed E-state index contributed by atoms with van der Waals surface area (Å²) >= 11 is 1.77. The van der Waals surface area contributed by atoms with Crippen LogP contribution in [-0.2, 0) is 13.6 Å². The molecular weight excluding hydrogens is 370 g/mol. The van der Waals surface area contributed by atoms with E-state index in [-0.39, 0.29) is 5.91 Å². The van der Waals surface area contributed by atoms with Gasteiger partial charge >= 0.3 is 0 Å². The highest BCUT2D eigenvalue weighted by Crippen LogP contribution is 2.27. The number of carbonyl (C=O) groups is 1.